The van der Waals surface area contributed by atoms with E-state index in [1.807, 2.05) is 32.8 Å². The zero-order valence-electron chi connectivity index (χ0n) is 17.6. The summed E-state index contributed by atoms with van der Waals surface area (Å²) in [4.78, 5) is 32.8. The zero-order chi connectivity index (χ0) is 20.0. The van der Waals surface area contributed by atoms with Gasteiger partial charge in [0.25, 0.3) is 5.91 Å². The number of methoxy groups -OCH3 is 1. The van der Waals surface area contributed by atoms with Gasteiger partial charge in [-0.25, -0.2) is 4.79 Å². The highest BCUT2D eigenvalue weighted by Crippen LogP contribution is 2.26. The van der Waals surface area contributed by atoms with Crippen molar-refractivity contribution in [2.24, 2.45) is 5.92 Å². The lowest BCUT2D eigenvalue weighted by molar-refractivity contribution is 0.0599. The second-order valence-corrected chi connectivity index (χ2v) is 7.88. The van der Waals surface area contributed by atoms with Crippen LogP contribution < -0.4 is 0 Å². The number of aryl methyl sites for hydroxylation is 1. The minimum Gasteiger partial charge on any atom is -0.465 e. The van der Waals surface area contributed by atoms with Crippen LogP contribution in [0.4, 0.5) is 0 Å². The van der Waals surface area contributed by atoms with Crippen molar-refractivity contribution < 1.29 is 14.3 Å². The van der Waals surface area contributed by atoms with Gasteiger partial charge in [0.05, 0.1) is 12.7 Å². The quantitative estimate of drug-likeness (QED) is 0.706. The van der Waals surface area contributed by atoms with Crippen LogP contribution in [0.15, 0.2) is 0 Å². The number of nitrogens with zero attached hydrogens (tertiary/aromatic N) is 2. The topological polar surface area (TPSA) is 65.6 Å². The third kappa shape index (κ3) is 5.34. The van der Waals surface area contributed by atoms with Crippen molar-refractivity contribution in [3.8, 4) is 0 Å². The molecule has 2 rings (SSSR count). The Morgan fingerprint density at radius 1 is 1.15 bits per heavy atom. The number of aromatic nitrogens is 1. The Labute approximate surface area is 163 Å². The molecule has 1 aliphatic rings. The normalized spacial score (nSPS) is 15.2. The number of esters is 1. The molecule has 1 aliphatic carbocycles. The van der Waals surface area contributed by atoms with Crippen LogP contribution in [-0.4, -0.2) is 67.5 Å². The van der Waals surface area contributed by atoms with E-state index in [1.165, 1.54) is 39.2 Å². The second-order valence-electron chi connectivity index (χ2n) is 7.88. The van der Waals surface area contributed by atoms with E-state index in [4.69, 9.17) is 4.74 Å². The fourth-order valence-corrected chi connectivity index (χ4v) is 3.95. The number of amides is 1. The van der Waals surface area contributed by atoms with Gasteiger partial charge in [-0.15, -0.1) is 0 Å². The van der Waals surface area contributed by atoms with Crippen molar-refractivity contribution in [3.05, 3.63) is 22.5 Å². The fourth-order valence-electron chi connectivity index (χ4n) is 3.95. The molecule has 1 aromatic heterocycles. The van der Waals surface area contributed by atoms with E-state index in [-0.39, 0.29) is 11.9 Å². The summed E-state index contributed by atoms with van der Waals surface area (Å²) in [7, 11) is 5.42. The largest absolute Gasteiger partial charge is 0.465 e. The Kier molecular flexibility index (Phi) is 7.90. The van der Waals surface area contributed by atoms with Crippen LogP contribution in [0.25, 0.3) is 0 Å². The van der Waals surface area contributed by atoms with Crippen LogP contribution >= 0.6 is 0 Å². The average molecular weight is 378 g/mol. The van der Waals surface area contributed by atoms with Crippen LogP contribution in [0.5, 0.6) is 0 Å². The number of nitrogens with one attached hydrogen (secondary N) is 1. The predicted molar refractivity (Wildman–Crippen MR) is 107 cm³/mol. The number of rotatable bonds is 8. The summed E-state index contributed by atoms with van der Waals surface area (Å²) in [5.41, 5.74) is 2.51. The summed E-state index contributed by atoms with van der Waals surface area (Å²) in [6, 6.07) is 0. The third-order valence-corrected chi connectivity index (χ3v) is 5.59. The molecule has 0 bridgehead atoms. The van der Waals surface area contributed by atoms with Crippen LogP contribution in [0.1, 0.15) is 71.1 Å². The van der Waals surface area contributed by atoms with Gasteiger partial charge in [-0.1, -0.05) is 26.2 Å². The molecule has 0 saturated heterocycles. The summed E-state index contributed by atoms with van der Waals surface area (Å²) in [5.74, 6) is 0.183. The molecule has 1 fully saturated rings. The molecule has 0 atom stereocenters. The van der Waals surface area contributed by atoms with Gasteiger partial charge in [-0.3, -0.25) is 4.79 Å². The van der Waals surface area contributed by atoms with Gasteiger partial charge in [-0.05, 0) is 51.8 Å². The maximum absolute atomic E-state index is 13.4. The Morgan fingerprint density at radius 2 is 1.81 bits per heavy atom. The first-order valence-corrected chi connectivity index (χ1v) is 10.1. The number of carbonyl (C=O) groups is 2. The number of H-pyrrole nitrogens is 1. The van der Waals surface area contributed by atoms with Crippen molar-refractivity contribution in [2.45, 2.75) is 52.4 Å². The standard InChI is InChI=1S/C21H35N3O3/c1-6-17-18(21(26)27-5)15(2)19(22-17)20(25)24(13-12-23(3)4)14-16-10-8-7-9-11-16/h16,22H,6-14H2,1-5H3. The van der Waals surface area contributed by atoms with Crippen molar-refractivity contribution in [1.29, 1.82) is 0 Å². The molecular formula is C21H35N3O3. The van der Waals surface area contributed by atoms with E-state index in [1.54, 1.807) is 0 Å². The van der Waals surface area contributed by atoms with Gasteiger partial charge < -0.3 is 19.5 Å². The molecule has 152 valence electrons. The van der Waals surface area contributed by atoms with Crippen LogP contribution in [-0.2, 0) is 11.2 Å². The van der Waals surface area contributed by atoms with Gasteiger partial charge >= 0.3 is 5.97 Å². The Morgan fingerprint density at radius 3 is 2.37 bits per heavy atom. The van der Waals surface area contributed by atoms with Gasteiger partial charge in [0.2, 0.25) is 0 Å². The first-order chi connectivity index (χ1) is 12.9. The molecule has 0 unspecified atom stereocenters. The smallest absolute Gasteiger partial charge is 0.339 e. The SMILES string of the molecule is CCc1[nH]c(C(=O)N(CCN(C)C)CC2CCCCC2)c(C)c1C(=O)OC. The Balaban J connectivity index is 2.27. The molecule has 1 heterocycles. The van der Waals surface area contributed by atoms with Gasteiger partial charge in [0, 0.05) is 25.3 Å². The average Bonchev–Trinajstić information content (AvgIpc) is 3.01. The Bertz CT molecular complexity index is 645. The lowest BCUT2D eigenvalue weighted by atomic mass is 9.89. The molecule has 0 spiro atoms. The van der Waals surface area contributed by atoms with Gasteiger partial charge in [-0.2, -0.15) is 0 Å². The first-order valence-electron chi connectivity index (χ1n) is 10.1. The second kappa shape index (κ2) is 9.93. The molecular weight excluding hydrogens is 342 g/mol. The summed E-state index contributed by atoms with van der Waals surface area (Å²) < 4.78 is 4.92. The van der Waals surface area contributed by atoms with Crippen molar-refractivity contribution in [1.82, 2.24) is 14.8 Å². The van der Waals surface area contributed by atoms with Crippen LogP contribution in [0.2, 0.25) is 0 Å². The highest BCUT2D eigenvalue weighted by atomic mass is 16.5. The zero-order valence-corrected chi connectivity index (χ0v) is 17.6. The molecule has 0 radical (unpaired) electrons. The number of hydrogen-bond donors (Lipinski definition) is 1. The predicted octanol–water partition coefficient (Wildman–Crippen LogP) is 3.26. The lowest BCUT2D eigenvalue weighted by Crippen LogP contribution is -2.40. The molecule has 1 amide bonds. The first kappa shape index (κ1) is 21.5. The van der Waals surface area contributed by atoms with E-state index >= 15 is 0 Å². The highest BCUT2D eigenvalue weighted by molar-refractivity contribution is 6.00. The molecule has 0 aliphatic heterocycles. The molecule has 6 nitrogen and oxygen atoms in total. The summed E-state index contributed by atoms with van der Waals surface area (Å²) in [6.45, 7) is 6.11. The minimum absolute atomic E-state index is 0.00947. The van der Waals surface area contributed by atoms with Crippen molar-refractivity contribution >= 4 is 11.9 Å². The Hall–Kier alpha value is -1.82. The molecule has 6 heteroatoms. The third-order valence-electron chi connectivity index (χ3n) is 5.59. The van der Waals surface area contributed by atoms with Gasteiger partial charge in [0.15, 0.2) is 0 Å². The molecule has 1 aromatic rings. The lowest BCUT2D eigenvalue weighted by Gasteiger charge is -2.30. The van der Waals surface area contributed by atoms with E-state index in [0.717, 1.165) is 18.8 Å². The van der Waals surface area contributed by atoms with E-state index in [2.05, 4.69) is 9.88 Å². The molecule has 1 N–H and O–H groups in total. The number of aromatic amines is 1. The summed E-state index contributed by atoms with van der Waals surface area (Å²) in [5, 5.41) is 0. The van der Waals surface area contributed by atoms with E-state index in [9.17, 15) is 9.59 Å². The maximum atomic E-state index is 13.4. The molecule has 27 heavy (non-hydrogen) atoms. The van der Waals surface area contributed by atoms with Crippen molar-refractivity contribution in [3.63, 3.8) is 0 Å². The van der Waals surface area contributed by atoms with Crippen molar-refractivity contribution in [2.75, 3.05) is 40.8 Å². The highest BCUT2D eigenvalue weighted by Gasteiger charge is 2.28. The summed E-state index contributed by atoms with van der Waals surface area (Å²) >= 11 is 0. The van der Waals surface area contributed by atoms with Gasteiger partial charge in [0.1, 0.15) is 5.69 Å². The molecule has 0 aromatic carbocycles. The number of carbonyl (C=O) groups excluding carboxylic acids is 2. The van der Waals surface area contributed by atoms with E-state index < -0.39 is 0 Å². The molecule has 1 saturated carbocycles. The van der Waals surface area contributed by atoms with Crippen LogP contribution in [0, 0.1) is 12.8 Å². The number of ether oxygens (including phenoxy) is 1. The fraction of sp³-hybridized carbons (Fsp3) is 0.714. The van der Waals surface area contributed by atoms with Crippen LogP contribution in [0.3, 0.4) is 0 Å². The monoisotopic (exact) mass is 377 g/mol. The number of likely N-dealkylation sites (N-methyl/N-ethyl adjacent to an activating group) is 1. The number of hydrogen-bond acceptors (Lipinski definition) is 4. The maximum Gasteiger partial charge on any atom is 0.339 e. The summed E-state index contributed by atoms with van der Waals surface area (Å²) in [6.07, 6.45) is 6.87. The minimum atomic E-state index is -0.383. The van der Waals surface area contributed by atoms with E-state index in [0.29, 0.717) is 35.7 Å².